The lowest BCUT2D eigenvalue weighted by atomic mass is 10.2. The van der Waals surface area contributed by atoms with Gasteiger partial charge in [0.15, 0.2) is 5.69 Å². The fourth-order valence-corrected chi connectivity index (χ4v) is 2.30. The van der Waals surface area contributed by atoms with Gasteiger partial charge in [0.2, 0.25) is 0 Å². The van der Waals surface area contributed by atoms with Crippen molar-refractivity contribution in [3.05, 3.63) is 23.9 Å². The zero-order valence-corrected chi connectivity index (χ0v) is 20.0. The van der Waals surface area contributed by atoms with Crippen molar-refractivity contribution >= 4 is 17.9 Å². The van der Waals surface area contributed by atoms with Crippen molar-refractivity contribution in [2.24, 2.45) is 0 Å². The summed E-state index contributed by atoms with van der Waals surface area (Å²) in [6, 6.07) is 5.09. The summed E-state index contributed by atoms with van der Waals surface area (Å²) in [5.41, 5.74) is -0.260. The number of aromatic nitrogens is 1. The van der Waals surface area contributed by atoms with Gasteiger partial charge in [-0.25, -0.2) is 14.6 Å². The third-order valence-corrected chi connectivity index (χ3v) is 3.73. The van der Waals surface area contributed by atoms with Crippen molar-refractivity contribution in [2.75, 3.05) is 78.4 Å². The van der Waals surface area contributed by atoms with Gasteiger partial charge < -0.3 is 39.1 Å². The number of nitrogens with one attached hydrogen (secondary N) is 2. The summed E-state index contributed by atoms with van der Waals surface area (Å²) < 4.78 is 31.4. The zero-order chi connectivity index (χ0) is 24.4. The second-order valence-corrected chi connectivity index (χ2v) is 7.70. The molecule has 188 valence electrons. The highest BCUT2D eigenvalue weighted by Gasteiger charge is 2.15. The predicted octanol–water partition coefficient (Wildman–Crippen LogP) is 1.87. The van der Waals surface area contributed by atoms with Crippen LogP contribution in [0.15, 0.2) is 18.2 Å². The van der Waals surface area contributed by atoms with Crippen LogP contribution in [-0.2, 0) is 28.4 Å². The van der Waals surface area contributed by atoms with E-state index in [1.165, 1.54) is 7.11 Å². The SMILES string of the molecule is COC(=O)c1cccc(NCCOCCOCCOCCOCCNC(=O)OC(C)(C)C)n1. The predicted molar refractivity (Wildman–Crippen MR) is 122 cm³/mol. The molecule has 0 unspecified atom stereocenters. The highest BCUT2D eigenvalue weighted by molar-refractivity contribution is 5.87. The number of nitrogens with zero attached hydrogens (tertiary/aromatic N) is 1. The summed E-state index contributed by atoms with van der Waals surface area (Å²) in [6.45, 7) is 9.96. The van der Waals surface area contributed by atoms with Gasteiger partial charge in [0, 0.05) is 13.1 Å². The minimum absolute atomic E-state index is 0.251. The number of methoxy groups -OCH3 is 1. The normalized spacial score (nSPS) is 11.2. The Bertz CT molecular complexity index is 682. The van der Waals surface area contributed by atoms with E-state index in [1.54, 1.807) is 18.2 Å². The molecule has 0 bridgehead atoms. The number of carbonyl (C=O) groups excluding carboxylic acids is 2. The molecule has 11 heteroatoms. The number of carbonyl (C=O) groups is 2. The van der Waals surface area contributed by atoms with Crippen LogP contribution in [0, 0.1) is 0 Å². The van der Waals surface area contributed by atoms with Crippen LogP contribution in [0.4, 0.5) is 10.6 Å². The summed E-state index contributed by atoms with van der Waals surface area (Å²) in [4.78, 5) is 27.0. The number of alkyl carbamates (subject to hydrolysis) is 1. The topological polar surface area (TPSA) is 126 Å². The van der Waals surface area contributed by atoms with Crippen molar-refractivity contribution in [1.82, 2.24) is 10.3 Å². The summed E-state index contributed by atoms with van der Waals surface area (Å²) in [6.07, 6.45) is -0.456. The number of esters is 1. The molecule has 1 rings (SSSR count). The van der Waals surface area contributed by atoms with E-state index in [0.717, 1.165) is 0 Å². The maximum Gasteiger partial charge on any atom is 0.407 e. The van der Waals surface area contributed by atoms with Gasteiger partial charge in [-0.05, 0) is 32.9 Å². The van der Waals surface area contributed by atoms with Gasteiger partial charge in [0.1, 0.15) is 11.4 Å². The van der Waals surface area contributed by atoms with E-state index in [9.17, 15) is 9.59 Å². The van der Waals surface area contributed by atoms with Gasteiger partial charge >= 0.3 is 12.1 Å². The van der Waals surface area contributed by atoms with Crippen LogP contribution in [0.2, 0.25) is 0 Å². The first-order valence-electron chi connectivity index (χ1n) is 10.9. The molecule has 0 fully saturated rings. The van der Waals surface area contributed by atoms with Gasteiger partial charge in [0.05, 0.1) is 60.0 Å². The van der Waals surface area contributed by atoms with Crippen molar-refractivity contribution in [3.63, 3.8) is 0 Å². The molecule has 1 aromatic heterocycles. The Hall–Kier alpha value is -2.47. The van der Waals surface area contributed by atoms with Crippen LogP contribution < -0.4 is 10.6 Å². The van der Waals surface area contributed by atoms with Crippen LogP contribution in [0.5, 0.6) is 0 Å². The molecule has 0 aliphatic rings. The molecule has 0 atom stereocenters. The fraction of sp³-hybridized carbons (Fsp3) is 0.682. The third kappa shape index (κ3) is 15.9. The Morgan fingerprint density at radius 2 is 1.39 bits per heavy atom. The number of anilines is 1. The number of hydrogen-bond donors (Lipinski definition) is 2. The molecule has 33 heavy (non-hydrogen) atoms. The molecule has 2 N–H and O–H groups in total. The summed E-state index contributed by atoms with van der Waals surface area (Å²) >= 11 is 0. The molecule has 0 aliphatic carbocycles. The van der Waals surface area contributed by atoms with Crippen LogP contribution in [0.1, 0.15) is 31.3 Å². The Balaban J connectivity index is 1.85. The van der Waals surface area contributed by atoms with Gasteiger partial charge in [0.25, 0.3) is 0 Å². The Morgan fingerprint density at radius 1 is 0.848 bits per heavy atom. The van der Waals surface area contributed by atoms with Crippen molar-refractivity contribution < 1.29 is 38.0 Å². The zero-order valence-electron chi connectivity index (χ0n) is 20.0. The van der Waals surface area contributed by atoms with Gasteiger partial charge in [-0.1, -0.05) is 6.07 Å². The highest BCUT2D eigenvalue weighted by Crippen LogP contribution is 2.06. The maximum absolute atomic E-state index is 11.5. The molecule has 0 saturated heterocycles. The average molecular weight is 472 g/mol. The second-order valence-electron chi connectivity index (χ2n) is 7.70. The summed E-state index contributed by atoms with van der Waals surface area (Å²) in [5.74, 6) is 0.106. The second kappa shape index (κ2) is 17.1. The van der Waals surface area contributed by atoms with Crippen molar-refractivity contribution in [3.8, 4) is 0 Å². The maximum atomic E-state index is 11.5. The largest absolute Gasteiger partial charge is 0.464 e. The first kappa shape index (κ1) is 28.6. The Kier molecular flexibility index (Phi) is 14.8. The standard InChI is InChI=1S/C22H37N3O8/c1-22(2,3)33-21(27)24-9-11-30-13-15-32-17-16-31-14-12-29-10-8-23-19-7-5-6-18(25-19)20(26)28-4/h5-7H,8-17H2,1-4H3,(H,23,25)(H,24,27). The Labute approximate surface area is 195 Å². The molecule has 0 saturated carbocycles. The molecule has 0 aromatic carbocycles. The highest BCUT2D eigenvalue weighted by atomic mass is 16.6. The van der Waals surface area contributed by atoms with E-state index >= 15 is 0 Å². The van der Waals surface area contributed by atoms with Gasteiger partial charge in [-0.15, -0.1) is 0 Å². The third-order valence-electron chi connectivity index (χ3n) is 3.73. The quantitative estimate of drug-likeness (QED) is 0.257. The van der Waals surface area contributed by atoms with Gasteiger partial charge in [-0.3, -0.25) is 0 Å². The minimum Gasteiger partial charge on any atom is -0.464 e. The minimum atomic E-state index is -0.511. The number of rotatable bonds is 17. The monoisotopic (exact) mass is 471 g/mol. The number of hydrogen-bond acceptors (Lipinski definition) is 10. The molecule has 1 heterocycles. The summed E-state index contributed by atoms with van der Waals surface area (Å²) in [5, 5.41) is 5.69. The molecule has 1 aromatic rings. The molecular weight excluding hydrogens is 434 g/mol. The van der Waals surface area contributed by atoms with E-state index in [2.05, 4.69) is 20.4 Å². The van der Waals surface area contributed by atoms with Crippen LogP contribution >= 0.6 is 0 Å². The first-order valence-corrected chi connectivity index (χ1v) is 10.9. The molecule has 1 amide bonds. The van der Waals surface area contributed by atoms with E-state index in [1.807, 2.05) is 20.8 Å². The van der Waals surface area contributed by atoms with Crippen LogP contribution in [0.3, 0.4) is 0 Å². The average Bonchev–Trinajstić information content (AvgIpc) is 2.77. The van der Waals surface area contributed by atoms with Crippen LogP contribution in [0.25, 0.3) is 0 Å². The molecule has 11 nitrogen and oxygen atoms in total. The van der Waals surface area contributed by atoms with Gasteiger partial charge in [-0.2, -0.15) is 0 Å². The van der Waals surface area contributed by atoms with Crippen molar-refractivity contribution in [2.45, 2.75) is 26.4 Å². The number of pyridine rings is 1. The van der Waals surface area contributed by atoms with Crippen molar-refractivity contribution in [1.29, 1.82) is 0 Å². The van der Waals surface area contributed by atoms with E-state index in [0.29, 0.717) is 71.8 Å². The van der Waals surface area contributed by atoms with E-state index in [-0.39, 0.29) is 5.69 Å². The lowest BCUT2D eigenvalue weighted by Gasteiger charge is -2.19. The van der Waals surface area contributed by atoms with E-state index < -0.39 is 17.7 Å². The molecule has 0 radical (unpaired) electrons. The smallest absolute Gasteiger partial charge is 0.407 e. The molecule has 0 aliphatic heterocycles. The molecule has 0 spiro atoms. The lowest BCUT2D eigenvalue weighted by molar-refractivity contribution is -0.000797. The number of ether oxygens (including phenoxy) is 6. The van der Waals surface area contributed by atoms with Crippen LogP contribution in [-0.4, -0.2) is 95.7 Å². The summed E-state index contributed by atoms with van der Waals surface area (Å²) in [7, 11) is 1.32. The molecular formula is C22H37N3O8. The van der Waals surface area contributed by atoms with E-state index in [4.69, 9.17) is 23.7 Å². The number of amides is 1. The Morgan fingerprint density at radius 3 is 1.94 bits per heavy atom. The fourth-order valence-electron chi connectivity index (χ4n) is 2.30. The lowest BCUT2D eigenvalue weighted by Crippen LogP contribution is -2.34. The first-order chi connectivity index (χ1) is 15.8.